The van der Waals surface area contributed by atoms with Gasteiger partial charge in [0.05, 0.1) is 4.92 Å². The standard InChI is InChI=1S/C13H16ClN3O4S/c1-9-6-11(17(18)19)13(14)12(7-9)22(20,21)16-8-10-2-4-15-5-3-10/h2,6-7,15-16H,3-5,8H2,1H3. The van der Waals surface area contributed by atoms with Crippen molar-refractivity contribution in [1.29, 1.82) is 0 Å². The number of sulfonamides is 1. The Balaban J connectivity index is 2.29. The second-order valence-electron chi connectivity index (χ2n) is 4.99. The molecular formula is C13H16ClN3O4S. The fraction of sp³-hybridized carbons (Fsp3) is 0.385. The van der Waals surface area contributed by atoms with Crippen molar-refractivity contribution in [1.82, 2.24) is 10.0 Å². The second-order valence-corrected chi connectivity index (χ2v) is 7.11. The van der Waals surface area contributed by atoms with Gasteiger partial charge < -0.3 is 5.32 Å². The highest BCUT2D eigenvalue weighted by atomic mass is 35.5. The van der Waals surface area contributed by atoms with Crippen molar-refractivity contribution in [2.75, 3.05) is 19.6 Å². The van der Waals surface area contributed by atoms with Crippen molar-refractivity contribution < 1.29 is 13.3 Å². The summed E-state index contributed by atoms with van der Waals surface area (Å²) in [4.78, 5) is 9.99. The minimum atomic E-state index is -3.92. The third-order valence-corrected chi connectivity index (χ3v) is 5.23. The number of nitrogens with zero attached hydrogens (tertiary/aromatic N) is 1. The van der Waals surface area contributed by atoms with E-state index in [1.54, 1.807) is 6.92 Å². The minimum absolute atomic E-state index is 0.169. The van der Waals surface area contributed by atoms with Crippen LogP contribution in [0.3, 0.4) is 0 Å². The van der Waals surface area contributed by atoms with Crippen LogP contribution in [-0.2, 0) is 10.0 Å². The van der Waals surface area contributed by atoms with E-state index in [4.69, 9.17) is 11.6 Å². The number of nitro benzene ring substituents is 1. The van der Waals surface area contributed by atoms with E-state index in [-0.39, 0.29) is 16.5 Å². The predicted octanol–water partition coefficient (Wildman–Crippen LogP) is 1.75. The zero-order valence-electron chi connectivity index (χ0n) is 11.9. The van der Waals surface area contributed by atoms with Gasteiger partial charge in [0, 0.05) is 19.2 Å². The molecule has 0 fully saturated rings. The highest BCUT2D eigenvalue weighted by molar-refractivity contribution is 7.89. The van der Waals surface area contributed by atoms with Gasteiger partial charge in [-0.05, 0) is 31.5 Å². The van der Waals surface area contributed by atoms with Crippen LogP contribution in [0.4, 0.5) is 5.69 Å². The number of hydrogen-bond acceptors (Lipinski definition) is 5. The zero-order chi connectivity index (χ0) is 16.3. The zero-order valence-corrected chi connectivity index (χ0v) is 13.5. The summed E-state index contributed by atoms with van der Waals surface area (Å²) < 4.78 is 27.2. The Morgan fingerprint density at radius 3 is 2.77 bits per heavy atom. The van der Waals surface area contributed by atoms with Crippen molar-refractivity contribution in [3.05, 3.63) is 44.5 Å². The molecular weight excluding hydrogens is 330 g/mol. The van der Waals surface area contributed by atoms with E-state index in [1.165, 1.54) is 12.1 Å². The summed E-state index contributed by atoms with van der Waals surface area (Å²) in [5.41, 5.74) is 1.02. The van der Waals surface area contributed by atoms with Gasteiger partial charge in [0.2, 0.25) is 10.0 Å². The van der Waals surface area contributed by atoms with Gasteiger partial charge in [0.15, 0.2) is 0 Å². The Kier molecular flexibility index (Phi) is 5.17. The Morgan fingerprint density at radius 1 is 1.45 bits per heavy atom. The summed E-state index contributed by atoms with van der Waals surface area (Å²) in [5.74, 6) is 0. The monoisotopic (exact) mass is 345 g/mol. The van der Waals surface area contributed by atoms with Crippen LogP contribution in [-0.4, -0.2) is 33.0 Å². The van der Waals surface area contributed by atoms with Crippen LogP contribution in [0.1, 0.15) is 12.0 Å². The number of halogens is 1. The molecule has 1 aliphatic heterocycles. The molecule has 7 nitrogen and oxygen atoms in total. The van der Waals surface area contributed by atoms with Crippen LogP contribution in [0.2, 0.25) is 5.02 Å². The Hall–Kier alpha value is -1.48. The number of benzene rings is 1. The minimum Gasteiger partial charge on any atom is -0.313 e. The molecule has 0 saturated heterocycles. The van der Waals surface area contributed by atoms with E-state index >= 15 is 0 Å². The number of nitro groups is 1. The molecule has 22 heavy (non-hydrogen) atoms. The number of nitrogens with one attached hydrogen (secondary N) is 2. The molecule has 9 heteroatoms. The molecule has 120 valence electrons. The Morgan fingerprint density at radius 2 is 2.18 bits per heavy atom. The first-order chi connectivity index (χ1) is 10.3. The van der Waals surface area contributed by atoms with Gasteiger partial charge in [-0.3, -0.25) is 10.1 Å². The van der Waals surface area contributed by atoms with Gasteiger partial charge in [0.25, 0.3) is 5.69 Å². The molecule has 0 spiro atoms. The van der Waals surface area contributed by atoms with Crippen molar-refractivity contribution in [2.24, 2.45) is 0 Å². The van der Waals surface area contributed by atoms with Crippen molar-refractivity contribution in [3.63, 3.8) is 0 Å². The van der Waals surface area contributed by atoms with Gasteiger partial charge in [-0.1, -0.05) is 23.3 Å². The summed E-state index contributed by atoms with van der Waals surface area (Å²) in [6, 6.07) is 2.57. The SMILES string of the molecule is Cc1cc([N+](=O)[O-])c(Cl)c(S(=O)(=O)NCC2=CCNCC2)c1. The van der Waals surface area contributed by atoms with E-state index in [0.717, 1.165) is 18.5 Å². The molecule has 0 radical (unpaired) electrons. The smallest absolute Gasteiger partial charge is 0.289 e. The third kappa shape index (κ3) is 3.83. The van der Waals surface area contributed by atoms with Crippen LogP contribution < -0.4 is 10.0 Å². The number of rotatable bonds is 5. The van der Waals surface area contributed by atoms with Gasteiger partial charge in [-0.15, -0.1) is 0 Å². The molecule has 0 saturated carbocycles. The van der Waals surface area contributed by atoms with E-state index in [1.807, 2.05) is 6.08 Å². The maximum Gasteiger partial charge on any atom is 0.289 e. The highest BCUT2D eigenvalue weighted by Gasteiger charge is 2.25. The third-order valence-electron chi connectivity index (χ3n) is 3.30. The second kappa shape index (κ2) is 6.74. The first-order valence-electron chi connectivity index (χ1n) is 6.64. The first kappa shape index (κ1) is 16.9. The Bertz CT molecular complexity index is 731. The van der Waals surface area contributed by atoms with Crippen LogP contribution in [0.15, 0.2) is 28.7 Å². The molecule has 2 N–H and O–H groups in total. The molecule has 2 rings (SSSR count). The van der Waals surface area contributed by atoms with Crippen molar-refractivity contribution in [3.8, 4) is 0 Å². The fourth-order valence-corrected chi connectivity index (χ4v) is 3.84. The predicted molar refractivity (Wildman–Crippen MR) is 83.6 cm³/mol. The lowest BCUT2D eigenvalue weighted by atomic mass is 10.1. The maximum atomic E-state index is 12.4. The molecule has 1 aromatic carbocycles. The summed E-state index contributed by atoms with van der Waals surface area (Å²) >= 11 is 5.90. The number of hydrogen-bond donors (Lipinski definition) is 2. The molecule has 0 unspecified atom stereocenters. The average Bonchev–Trinajstić information content (AvgIpc) is 2.48. The van der Waals surface area contributed by atoms with E-state index < -0.39 is 20.6 Å². The lowest BCUT2D eigenvalue weighted by Gasteiger charge is -2.15. The average molecular weight is 346 g/mol. The van der Waals surface area contributed by atoms with Gasteiger partial charge in [-0.2, -0.15) is 0 Å². The van der Waals surface area contributed by atoms with Crippen LogP contribution in [0, 0.1) is 17.0 Å². The van der Waals surface area contributed by atoms with E-state index in [2.05, 4.69) is 10.0 Å². The molecule has 1 aromatic rings. The van der Waals surface area contributed by atoms with Crippen LogP contribution in [0.25, 0.3) is 0 Å². The summed E-state index contributed by atoms with van der Waals surface area (Å²) in [6.45, 7) is 3.25. The molecule has 1 aliphatic rings. The van der Waals surface area contributed by atoms with Gasteiger partial charge in [-0.25, -0.2) is 13.1 Å². The van der Waals surface area contributed by atoms with Gasteiger partial charge >= 0.3 is 0 Å². The van der Waals surface area contributed by atoms with Gasteiger partial charge in [0.1, 0.15) is 9.92 Å². The topological polar surface area (TPSA) is 101 Å². The van der Waals surface area contributed by atoms with E-state index in [9.17, 15) is 18.5 Å². The molecule has 0 aliphatic carbocycles. The highest BCUT2D eigenvalue weighted by Crippen LogP contribution is 2.32. The number of aryl methyl sites for hydroxylation is 1. The van der Waals surface area contributed by atoms with Crippen LogP contribution in [0.5, 0.6) is 0 Å². The first-order valence-corrected chi connectivity index (χ1v) is 8.50. The van der Waals surface area contributed by atoms with E-state index in [0.29, 0.717) is 12.1 Å². The molecule has 0 aromatic heterocycles. The largest absolute Gasteiger partial charge is 0.313 e. The summed E-state index contributed by atoms with van der Waals surface area (Å²) in [6.07, 6.45) is 2.68. The van der Waals surface area contributed by atoms with Crippen molar-refractivity contribution >= 4 is 27.3 Å². The molecule has 1 heterocycles. The summed E-state index contributed by atoms with van der Waals surface area (Å²) in [7, 11) is -3.92. The fourth-order valence-electron chi connectivity index (χ4n) is 2.14. The molecule has 0 amide bonds. The lowest BCUT2D eigenvalue weighted by molar-refractivity contribution is -0.385. The normalized spacial score (nSPS) is 15.5. The Labute approximate surface area is 133 Å². The molecule has 0 atom stereocenters. The maximum absolute atomic E-state index is 12.4. The lowest BCUT2D eigenvalue weighted by Crippen LogP contribution is -2.30. The van der Waals surface area contributed by atoms with Crippen molar-refractivity contribution in [2.45, 2.75) is 18.2 Å². The quantitative estimate of drug-likeness (QED) is 0.481. The summed E-state index contributed by atoms with van der Waals surface area (Å²) in [5, 5.41) is 13.7. The molecule has 0 bridgehead atoms. The van der Waals surface area contributed by atoms with Crippen LogP contribution >= 0.6 is 11.6 Å².